The van der Waals surface area contributed by atoms with Crippen molar-refractivity contribution in [2.45, 2.75) is 31.7 Å². The zero-order valence-electron chi connectivity index (χ0n) is 15.5. The average molecular weight is 361 g/mol. The number of phenols is 1. The van der Waals surface area contributed by atoms with E-state index in [0.29, 0.717) is 25.1 Å². The lowest BCUT2D eigenvalue weighted by Gasteiger charge is -2.25. The quantitative estimate of drug-likeness (QED) is 0.667. The Balaban J connectivity index is 1.73. The molecule has 26 heavy (non-hydrogen) atoms. The monoisotopic (exact) mass is 361 g/mol. The highest BCUT2D eigenvalue weighted by molar-refractivity contribution is 5.73. The average Bonchev–Trinajstić information content (AvgIpc) is 2.61. The molecule has 142 valence electrons. The summed E-state index contributed by atoms with van der Waals surface area (Å²) in [5.74, 6) is 0.0760. The predicted molar refractivity (Wildman–Crippen MR) is 102 cm³/mol. The number of rotatable bonds is 8. The standard InChI is InChI=1S/C20H28FN3O2/c1-24(2)17(13-15-7-9-18(25)10-8-15)14-23-20(26)22-12-11-16-5-3-4-6-19(16)21/h5-10,17,25H,3-4,11-14H2,1-2H3,(H2,22,23,26). The van der Waals surface area contributed by atoms with Crippen molar-refractivity contribution in [1.29, 1.82) is 0 Å². The first kappa shape index (κ1) is 20.0. The van der Waals surface area contributed by atoms with Crippen molar-refractivity contribution in [3.63, 3.8) is 0 Å². The Hall–Kier alpha value is -2.34. The number of hydrogen-bond acceptors (Lipinski definition) is 3. The molecule has 1 aliphatic carbocycles. The van der Waals surface area contributed by atoms with E-state index in [1.807, 2.05) is 32.3 Å². The van der Waals surface area contributed by atoms with Gasteiger partial charge in [-0.2, -0.15) is 0 Å². The molecule has 0 radical (unpaired) electrons. The Morgan fingerprint density at radius 1 is 1.19 bits per heavy atom. The number of carbonyl (C=O) groups is 1. The molecule has 1 aromatic carbocycles. The highest BCUT2D eigenvalue weighted by Gasteiger charge is 2.14. The first-order valence-corrected chi connectivity index (χ1v) is 8.97. The fourth-order valence-corrected chi connectivity index (χ4v) is 2.84. The molecule has 0 heterocycles. The van der Waals surface area contributed by atoms with Crippen molar-refractivity contribution in [1.82, 2.24) is 15.5 Å². The number of allylic oxidation sites excluding steroid dienone is 3. The van der Waals surface area contributed by atoms with Gasteiger partial charge in [0.2, 0.25) is 0 Å². The van der Waals surface area contributed by atoms with E-state index in [2.05, 4.69) is 15.5 Å². The van der Waals surface area contributed by atoms with Gasteiger partial charge in [-0.05, 0) is 69.1 Å². The minimum Gasteiger partial charge on any atom is -0.508 e. The van der Waals surface area contributed by atoms with Crippen LogP contribution in [0, 0.1) is 0 Å². The third-order valence-corrected chi connectivity index (χ3v) is 4.50. The molecule has 1 unspecified atom stereocenters. The van der Waals surface area contributed by atoms with Gasteiger partial charge in [0, 0.05) is 19.1 Å². The molecule has 3 N–H and O–H groups in total. The van der Waals surface area contributed by atoms with Crippen molar-refractivity contribution in [3.8, 4) is 5.75 Å². The summed E-state index contributed by atoms with van der Waals surface area (Å²) >= 11 is 0. The molecular weight excluding hydrogens is 333 g/mol. The highest BCUT2D eigenvalue weighted by Crippen LogP contribution is 2.21. The molecule has 0 aliphatic heterocycles. The van der Waals surface area contributed by atoms with Crippen LogP contribution in [0.5, 0.6) is 5.75 Å². The van der Waals surface area contributed by atoms with E-state index < -0.39 is 0 Å². The number of phenolic OH excluding ortho intramolecular Hbond substituents is 1. The molecular formula is C20H28FN3O2. The van der Waals surface area contributed by atoms with Gasteiger partial charge in [0.05, 0.1) is 0 Å². The van der Waals surface area contributed by atoms with Crippen LogP contribution in [0.1, 0.15) is 24.8 Å². The van der Waals surface area contributed by atoms with Gasteiger partial charge in [-0.1, -0.05) is 18.2 Å². The molecule has 6 heteroatoms. The number of nitrogens with one attached hydrogen (secondary N) is 2. The lowest BCUT2D eigenvalue weighted by atomic mass is 10.0. The molecule has 1 aromatic rings. The van der Waals surface area contributed by atoms with Crippen LogP contribution in [-0.4, -0.2) is 49.3 Å². The predicted octanol–water partition coefficient (Wildman–Crippen LogP) is 3.13. The molecule has 0 spiro atoms. The summed E-state index contributed by atoms with van der Waals surface area (Å²) in [7, 11) is 3.94. The maximum absolute atomic E-state index is 13.6. The van der Waals surface area contributed by atoms with E-state index in [1.54, 1.807) is 18.2 Å². The molecule has 2 amide bonds. The third-order valence-electron chi connectivity index (χ3n) is 4.50. The number of benzene rings is 1. The van der Waals surface area contributed by atoms with Gasteiger partial charge >= 0.3 is 6.03 Å². The van der Waals surface area contributed by atoms with E-state index in [0.717, 1.165) is 24.8 Å². The molecule has 0 aromatic heterocycles. The summed E-state index contributed by atoms with van der Waals surface area (Å²) in [5, 5.41) is 15.0. The molecule has 2 rings (SSSR count). The summed E-state index contributed by atoms with van der Waals surface area (Å²) in [6, 6.07) is 6.97. The first-order valence-electron chi connectivity index (χ1n) is 8.97. The van der Waals surface area contributed by atoms with E-state index in [9.17, 15) is 14.3 Å². The lowest BCUT2D eigenvalue weighted by molar-refractivity contribution is 0.232. The van der Waals surface area contributed by atoms with Crippen molar-refractivity contribution in [3.05, 3.63) is 53.4 Å². The van der Waals surface area contributed by atoms with Crippen molar-refractivity contribution in [2.75, 3.05) is 27.2 Å². The number of urea groups is 1. The molecule has 0 saturated heterocycles. The van der Waals surface area contributed by atoms with Crippen molar-refractivity contribution >= 4 is 6.03 Å². The third kappa shape index (κ3) is 6.52. The number of amides is 2. The fourth-order valence-electron chi connectivity index (χ4n) is 2.84. The Labute approximate surface area is 154 Å². The van der Waals surface area contributed by atoms with Crippen LogP contribution in [0.4, 0.5) is 9.18 Å². The normalized spacial score (nSPS) is 15.2. The Morgan fingerprint density at radius 3 is 2.54 bits per heavy atom. The Kier molecular flexibility index (Phi) is 7.66. The summed E-state index contributed by atoms with van der Waals surface area (Å²) in [6.45, 7) is 0.903. The van der Waals surface area contributed by atoms with E-state index >= 15 is 0 Å². The van der Waals surface area contributed by atoms with E-state index in [-0.39, 0.29) is 23.6 Å². The van der Waals surface area contributed by atoms with Gasteiger partial charge in [-0.15, -0.1) is 0 Å². The van der Waals surface area contributed by atoms with E-state index in [1.165, 1.54) is 0 Å². The number of aromatic hydroxyl groups is 1. The molecule has 0 bridgehead atoms. The SMILES string of the molecule is CN(C)C(CNC(=O)NCCC1=CCCC=C1F)Cc1ccc(O)cc1. The van der Waals surface area contributed by atoms with Gasteiger partial charge in [0.15, 0.2) is 0 Å². The Morgan fingerprint density at radius 2 is 1.88 bits per heavy atom. The van der Waals surface area contributed by atoms with Crippen LogP contribution in [0.25, 0.3) is 0 Å². The number of hydrogen-bond donors (Lipinski definition) is 3. The summed E-state index contributed by atoms with van der Waals surface area (Å²) in [5.41, 5.74) is 1.77. The van der Waals surface area contributed by atoms with Crippen LogP contribution in [0.3, 0.4) is 0 Å². The molecule has 1 atom stereocenters. The van der Waals surface area contributed by atoms with Crippen LogP contribution < -0.4 is 10.6 Å². The van der Waals surface area contributed by atoms with Gasteiger partial charge in [0.25, 0.3) is 0 Å². The number of likely N-dealkylation sites (N-methyl/N-ethyl adjacent to an activating group) is 1. The number of nitrogens with zero attached hydrogens (tertiary/aromatic N) is 1. The summed E-state index contributed by atoms with van der Waals surface area (Å²) in [4.78, 5) is 14.0. The number of halogens is 1. The maximum atomic E-state index is 13.6. The second kappa shape index (κ2) is 9.97. The van der Waals surface area contributed by atoms with Gasteiger partial charge in [-0.3, -0.25) is 0 Å². The largest absolute Gasteiger partial charge is 0.508 e. The van der Waals surface area contributed by atoms with Crippen LogP contribution in [-0.2, 0) is 6.42 Å². The van der Waals surface area contributed by atoms with Gasteiger partial charge in [-0.25, -0.2) is 9.18 Å². The lowest BCUT2D eigenvalue weighted by Crippen LogP contribution is -2.45. The maximum Gasteiger partial charge on any atom is 0.314 e. The summed E-state index contributed by atoms with van der Waals surface area (Å²) in [6.07, 6.45) is 6.36. The zero-order valence-corrected chi connectivity index (χ0v) is 15.5. The Bertz CT molecular complexity index is 654. The van der Waals surface area contributed by atoms with Gasteiger partial charge < -0.3 is 20.6 Å². The van der Waals surface area contributed by atoms with E-state index in [4.69, 9.17) is 0 Å². The molecule has 0 fully saturated rings. The first-order chi connectivity index (χ1) is 12.5. The molecule has 5 nitrogen and oxygen atoms in total. The highest BCUT2D eigenvalue weighted by atomic mass is 19.1. The van der Waals surface area contributed by atoms with Crippen molar-refractivity contribution < 1.29 is 14.3 Å². The molecule has 1 aliphatic rings. The second-order valence-corrected chi connectivity index (χ2v) is 6.73. The minimum absolute atomic E-state index is 0.131. The van der Waals surface area contributed by atoms with Crippen molar-refractivity contribution in [2.24, 2.45) is 0 Å². The van der Waals surface area contributed by atoms with Crippen LogP contribution in [0.15, 0.2) is 47.8 Å². The van der Waals surface area contributed by atoms with Crippen LogP contribution in [0.2, 0.25) is 0 Å². The smallest absolute Gasteiger partial charge is 0.314 e. The summed E-state index contributed by atoms with van der Waals surface area (Å²) < 4.78 is 13.6. The fraction of sp³-hybridized carbons (Fsp3) is 0.450. The number of carbonyl (C=O) groups excluding carboxylic acids is 1. The topological polar surface area (TPSA) is 64.6 Å². The zero-order chi connectivity index (χ0) is 18.9. The van der Waals surface area contributed by atoms with Gasteiger partial charge in [0.1, 0.15) is 11.6 Å². The second-order valence-electron chi connectivity index (χ2n) is 6.73. The molecule has 0 saturated carbocycles. The van der Waals surface area contributed by atoms with Crippen LogP contribution >= 0.6 is 0 Å². The minimum atomic E-state index is -0.247.